The van der Waals surface area contributed by atoms with Gasteiger partial charge in [0.25, 0.3) is 0 Å². The number of methoxy groups -OCH3 is 1. The highest BCUT2D eigenvalue weighted by molar-refractivity contribution is 6.33. The van der Waals surface area contributed by atoms with E-state index in [4.69, 9.17) is 30.8 Å². The molecule has 1 saturated heterocycles. The second-order valence-electron chi connectivity index (χ2n) is 10.6. The number of ether oxygens (including phenoxy) is 3. The lowest BCUT2D eigenvalue weighted by atomic mass is 9.90. The van der Waals surface area contributed by atoms with Crippen molar-refractivity contribution in [1.82, 2.24) is 15.3 Å². The van der Waals surface area contributed by atoms with Crippen molar-refractivity contribution in [1.29, 1.82) is 0 Å². The molecule has 0 spiro atoms. The van der Waals surface area contributed by atoms with Crippen molar-refractivity contribution in [2.75, 3.05) is 44.1 Å². The predicted molar refractivity (Wildman–Crippen MR) is 145 cm³/mol. The van der Waals surface area contributed by atoms with Gasteiger partial charge in [-0.2, -0.15) is 0 Å². The summed E-state index contributed by atoms with van der Waals surface area (Å²) in [5.41, 5.74) is 1.39. The average Bonchev–Trinajstić information content (AvgIpc) is 2.85. The Balaban J connectivity index is 1.34. The molecule has 0 aromatic carbocycles. The molecular formula is C27H40ClN5O3. The quantitative estimate of drug-likeness (QED) is 0.416. The zero-order chi connectivity index (χ0) is 25.5. The number of rotatable bonds is 10. The first-order chi connectivity index (χ1) is 17.3. The van der Waals surface area contributed by atoms with Crippen molar-refractivity contribution < 1.29 is 14.2 Å². The van der Waals surface area contributed by atoms with E-state index in [0.717, 1.165) is 55.2 Å². The number of halogens is 1. The van der Waals surface area contributed by atoms with E-state index in [0.29, 0.717) is 42.9 Å². The molecule has 9 heteroatoms. The molecule has 36 heavy (non-hydrogen) atoms. The Morgan fingerprint density at radius 3 is 2.69 bits per heavy atom. The fraction of sp³-hybridized carbons (Fsp3) is 0.630. The minimum absolute atomic E-state index is 0.0204. The van der Waals surface area contributed by atoms with E-state index in [1.807, 2.05) is 38.1 Å². The summed E-state index contributed by atoms with van der Waals surface area (Å²) in [6, 6.07) is 9.21. The van der Waals surface area contributed by atoms with E-state index in [9.17, 15) is 0 Å². The van der Waals surface area contributed by atoms with Crippen LogP contribution in [0.5, 0.6) is 0 Å². The highest BCUT2D eigenvalue weighted by Crippen LogP contribution is 2.30. The van der Waals surface area contributed by atoms with E-state index < -0.39 is 0 Å². The van der Waals surface area contributed by atoms with Gasteiger partial charge in [0.1, 0.15) is 11.6 Å². The van der Waals surface area contributed by atoms with Crippen LogP contribution < -0.4 is 16.0 Å². The minimum atomic E-state index is -0.272. The summed E-state index contributed by atoms with van der Waals surface area (Å²) in [6.07, 6.45) is 6.14. The van der Waals surface area contributed by atoms with E-state index in [1.165, 1.54) is 0 Å². The lowest BCUT2D eigenvalue weighted by Gasteiger charge is -2.36. The lowest BCUT2D eigenvalue weighted by Crippen LogP contribution is -2.45. The first-order valence-electron chi connectivity index (χ1n) is 13.0. The molecule has 1 aliphatic heterocycles. The van der Waals surface area contributed by atoms with E-state index in [2.05, 4.69) is 27.9 Å². The standard InChI is InChI=1S/C27H40ClN5O3/c1-18(15-34-4)31-19-8-10-20(11-9-19)32-26-12-22(23(28)14-30-26)24-6-5-7-25(33-24)29-13-21-16-35-17-27(2,3)36-21/h5-7,12,14,18-21,31H,8-11,13,15-17H2,1-4H3,(H,29,33)(H,30,32). The SMILES string of the molecule is COCC(C)NC1CCC(Nc2cc(-c3cccc(NCC4COCC(C)(C)O4)n3)c(Cl)cn2)CC1. The first-order valence-corrected chi connectivity index (χ1v) is 13.3. The number of anilines is 2. The van der Waals surface area contributed by atoms with Gasteiger partial charge in [0.15, 0.2) is 0 Å². The molecule has 2 unspecified atom stereocenters. The number of nitrogens with one attached hydrogen (secondary N) is 3. The molecule has 1 saturated carbocycles. The van der Waals surface area contributed by atoms with Crippen LogP contribution in [0.3, 0.4) is 0 Å². The lowest BCUT2D eigenvalue weighted by molar-refractivity contribution is -0.177. The Labute approximate surface area is 219 Å². The van der Waals surface area contributed by atoms with Crippen LogP contribution in [0.4, 0.5) is 11.6 Å². The fourth-order valence-electron chi connectivity index (χ4n) is 4.99. The number of aromatic nitrogens is 2. The van der Waals surface area contributed by atoms with E-state index >= 15 is 0 Å². The van der Waals surface area contributed by atoms with Gasteiger partial charge in [0, 0.05) is 43.5 Å². The van der Waals surface area contributed by atoms with Crippen molar-refractivity contribution in [3.8, 4) is 11.3 Å². The third-order valence-corrected chi connectivity index (χ3v) is 6.95. The molecule has 2 atom stereocenters. The molecule has 0 amide bonds. The Hall–Kier alpha value is -1.97. The molecule has 4 rings (SSSR count). The Morgan fingerprint density at radius 2 is 1.94 bits per heavy atom. The van der Waals surface area contributed by atoms with Crippen LogP contribution in [0.25, 0.3) is 11.3 Å². The van der Waals surface area contributed by atoms with Crippen LogP contribution >= 0.6 is 11.6 Å². The molecular weight excluding hydrogens is 478 g/mol. The smallest absolute Gasteiger partial charge is 0.126 e. The number of nitrogens with zero attached hydrogens (tertiary/aromatic N) is 2. The maximum Gasteiger partial charge on any atom is 0.126 e. The fourth-order valence-corrected chi connectivity index (χ4v) is 5.19. The Morgan fingerprint density at radius 1 is 1.17 bits per heavy atom. The maximum absolute atomic E-state index is 6.54. The minimum Gasteiger partial charge on any atom is -0.383 e. The van der Waals surface area contributed by atoms with Gasteiger partial charge >= 0.3 is 0 Å². The zero-order valence-electron chi connectivity index (χ0n) is 21.9. The van der Waals surface area contributed by atoms with Crippen molar-refractivity contribution in [3.63, 3.8) is 0 Å². The van der Waals surface area contributed by atoms with Crippen LogP contribution in [0.1, 0.15) is 46.5 Å². The molecule has 0 radical (unpaired) electrons. The van der Waals surface area contributed by atoms with E-state index in [-0.39, 0.29) is 11.7 Å². The van der Waals surface area contributed by atoms with Crippen molar-refractivity contribution in [2.45, 2.75) is 76.3 Å². The zero-order valence-corrected chi connectivity index (χ0v) is 22.6. The molecule has 3 N–H and O–H groups in total. The molecule has 3 heterocycles. The number of hydrogen-bond acceptors (Lipinski definition) is 8. The number of pyridine rings is 2. The summed E-state index contributed by atoms with van der Waals surface area (Å²) >= 11 is 6.54. The molecule has 2 aromatic rings. The van der Waals surface area contributed by atoms with Gasteiger partial charge in [-0.1, -0.05) is 17.7 Å². The van der Waals surface area contributed by atoms with Gasteiger partial charge < -0.3 is 30.2 Å². The highest BCUT2D eigenvalue weighted by Gasteiger charge is 2.29. The Kier molecular flexibility index (Phi) is 9.41. The van der Waals surface area contributed by atoms with Gasteiger partial charge in [-0.15, -0.1) is 0 Å². The van der Waals surface area contributed by atoms with Gasteiger partial charge in [0.05, 0.1) is 42.2 Å². The average molecular weight is 518 g/mol. The van der Waals surface area contributed by atoms with Gasteiger partial charge in [-0.25, -0.2) is 9.97 Å². The molecule has 0 bridgehead atoms. The van der Waals surface area contributed by atoms with Crippen molar-refractivity contribution in [3.05, 3.63) is 35.5 Å². The highest BCUT2D eigenvalue weighted by atomic mass is 35.5. The van der Waals surface area contributed by atoms with Crippen LogP contribution in [0, 0.1) is 0 Å². The third-order valence-electron chi connectivity index (χ3n) is 6.65. The summed E-state index contributed by atoms with van der Waals surface area (Å²) < 4.78 is 17.0. The molecule has 8 nitrogen and oxygen atoms in total. The molecule has 198 valence electrons. The molecule has 2 fully saturated rings. The summed E-state index contributed by atoms with van der Waals surface area (Å²) in [5.74, 6) is 1.60. The maximum atomic E-state index is 6.54. The largest absolute Gasteiger partial charge is 0.383 e. The van der Waals surface area contributed by atoms with Crippen LogP contribution in [0.2, 0.25) is 5.02 Å². The summed E-state index contributed by atoms with van der Waals surface area (Å²) in [6.45, 7) is 8.80. The predicted octanol–water partition coefficient (Wildman–Crippen LogP) is 4.75. The number of hydrogen-bond donors (Lipinski definition) is 3. The normalized spacial score (nSPS) is 24.8. The monoisotopic (exact) mass is 517 g/mol. The second-order valence-corrected chi connectivity index (χ2v) is 11.0. The van der Waals surface area contributed by atoms with Gasteiger partial charge in [0.2, 0.25) is 0 Å². The molecule has 2 aromatic heterocycles. The molecule has 2 aliphatic rings. The summed E-state index contributed by atoms with van der Waals surface area (Å²) in [7, 11) is 1.75. The topological polar surface area (TPSA) is 89.6 Å². The third kappa shape index (κ3) is 7.76. The van der Waals surface area contributed by atoms with E-state index in [1.54, 1.807) is 13.3 Å². The molecule has 1 aliphatic carbocycles. The van der Waals surface area contributed by atoms with Crippen molar-refractivity contribution >= 4 is 23.2 Å². The van der Waals surface area contributed by atoms with Crippen molar-refractivity contribution in [2.24, 2.45) is 0 Å². The summed E-state index contributed by atoms with van der Waals surface area (Å²) in [5, 5.41) is 11.2. The Bertz CT molecular complexity index is 984. The first kappa shape index (κ1) is 27.1. The van der Waals surface area contributed by atoms with Gasteiger partial charge in [-0.3, -0.25) is 0 Å². The van der Waals surface area contributed by atoms with Gasteiger partial charge in [-0.05, 0) is 64.7 Å². The van der Waals surface area contributed by atoms with Crippen LogP contribution in [-0.2, 0) is 14.2 Å². The van der Waals surface area contributed by atoms with Crippen LogP contribution in [0.15, 0.2) is 30.5 Å². The van der Waals surface area contributed by atoms with Crippen LogP contribution in [-0.4, -0.2) is 73.3 Å². The second kappa shape index (κ2) is 12.5. The summed E-state index contributed by atoms with van der Waals surface area (Å²) in [4.78, 5) is 9.33.